The van der Waals surface area contributed by atoms with Crippen molar-refractivity contribution in [3.8, 4) is 0 Å². The van der Waals surface area contributed by atoms with Crippen molar-refractivity contribution in [2.75, 3.05) is 6.61 Å². The summed E-state index contributed by atoms with van der Waals surface area (Å²) in [6.07, 6.45) is 5.09. The Hall–Kier alpha value is -0.370. The maximum Gasteiger partial charge on any atom is 0.132 e. The Morgan fingerprint density at radius 2 is 1.82 bits per heavy atom. The summed E-state index contributed by atoms with van der Waals surface area (Å²) in [5.41, 5.74) is 0. The van der Waals surface area contributed by atoms with Gasteiger partial charge in [0.1, 0.15) is 5.78 Å². The zero-order chi connectivity index (χ0) is 8.53. The fourth-order valence-electron chi connectivity index (χ4n) is 0.933. The molecule has 2 nitrogen and oxygen atoms in total. The van der Waals surface area contributed by atoms with Crippen molar-refractivity contribution >= 4 is 5.78 Å². The number of hydrogen-bond donors (Lipinski definition) is 1. The summed E-state index contributed by atoms with van der Waals surface area (Å²) in [6.45, 7) is 2.29. The summed E-state index contributed by atoms with van der Waals surface area (Å²) < 4.78 is 0. The first-order chi connectivity index (χ1) is 5.31. The van der Waals surface area contributed by atoms with Crippen molar-refractivity contribution in [3.05, 3.63) is 0 Å². The minimum Gasteiger partial charge on any atom is -0.396 e. The Bertz CT molecular complexity index is 99.7. The summed E-state index contributed by atoms with van der Waals surface area (Å²) in [7, 11) is 0. The number of aliphatic hydroxyl groups excluding tert-OH is 1. The van der Waals surface area contributed by atoms with E-state index >= 15 is 0 Å². The maximum atomic E-state index is 11.0. The van der Waals surface area contributed by atoms with Crippen LogP contribution in [-0.4, -0.2) is 17.5 Å². The van der Waals surface area contributed by atoms with Crippen molar-refractivity contribution in [1.82, 2.24) is 0 Å². The Kier molecular flexibility index (Phi) is 7.47. The van der Waals surface area contributed by atoms with E-state index in [1.165, 1.54) is 0 Å². The third kappa shape index (κ3) is 7.53. The van der Waals surface area contributed by atoms with E-state index in [-0.39, 0.29) is 6.61 Å². The zero-order valence-electron chi connectivity index (χ0n) is 7.31. The summed E-state index contributed by atoms with van der Waals surface area (Å²) in [4.78, 5) is 11.0. The standard InChI is InChI=1S/C9H18O2/c1-2-3-6-9(11)7-4-5-8-10/h10H,2-8H2,1H3. The summed E-state index contributed by atoms with van der Waals surface area (Å²) in [6, 6.07) is 0. The van der Waals surface area contributed by atoms with E-state index in [1.54, 1.807) is 0 Å². The van der Waals surface area contributed by atoms with Gasteiger partial charge in [0.15, 0.2) is 0 Å². The van der Waals surface area contributed by atoms with E-state index in [0.717, 1.165) is 32.1 Å². The minimum atomic E-state index is 0.209. The first-order valence-corrected chi connectivity index (χ1v) is 4.43. The Balaban J connectivity index is 3.09. The summed E-state index contributed by atoms with van der Waals surface area (Å²) in [5, 5.41) is 8.44. The monoisotopic (exact) mass is 158 g/mol. The van der Waals surface area contributed by atoms with Crippen LogP contribution in [0.5, 0.6) is 0 Å². The number of carbonyl (C=O) groups is 1. The highest BCUT2D eigenvalue weighted by Gasteiger charge is 1.99. The highest BCUT2D eigenvalue weighted by molar-refractivity contribution is 5.78. The van der Waals surface area contributed by atoms with E-state index in [0.29, 0.717) is 12.2 Å². The first kappa shape index (κ1) is 10.6. The van der Waals surface area contributed by atoms with Gasteiger partial charge in [0.25, 0.3) is 0 Å². The molecule has 0 amide bonds. The van der Waals surface area contributed by atoms with Crippen LogP contribution in [0.4, 0.5) is 0 Å². The van der Waals surface area contributed by atoms with E-state index in [4.69, 9.17) is 5.11 Å². The normalized spacial score (nSPS) is 10.0. The van der Waals surface area contributed by atoms with E-state index in [2.05, 4.69) is 6.92 Å². The van der Waals surface area contributed by atoms with Crippen LogP contribution < -0.4 is 0 Å². The molecule has 0 aliphatic carbocycles. The summed E-state index contributed by atoms with van der Waals surface area (Å²) >= 11 is 0. The van der Waals surface area contributed by atoms with Crippen LogP contribution in [0.3, 0.4) is 0 Å². The number of hydrogen-bond acceptors (Lipinski definition) is 2. The molecule has 0 spiro atoms. The second kappa shape index (κ2) is 7.73. The first-order valence-electron chi connectivity index (χ1n) is 4.43. The van der Waals surface area contributed by atoms with Gasteiger partial charge in [0.05, 0.1) is 0 Å². The summed E-state index contributed by atoms with van der Waals surface area (Å²) in [5.74, 6) is 0.348. The van der Waals surface area contributed by atoms with Gasteiger partial charge >= 0.3 is 0 Å². The quantitative estimate of drug-likeness (QED) is 0.575. The van der Waals surface area contributed by atoms with Crippen LogP contribution in [0.1, 0.15) is 45.4 Å². The lowest BCUT2D eigenvalue weighted by Crippen LogP contribution is -1.97. The van der Waals surface area contributed by atoms with Crippen molar-refractivity contribution in [3.63, 3.8) is 0 Å². The average Bonchev–Trinajstić information content (AvgIpc) is 2.01. The third-order valence-corrected chi connectivity index (χ3v) is 1.67. The molecule has 0 unspecified atom stereocenters. The molecule has 0 aliphatic rings. The number of carbonyl (C=O) groups excluding carboxylic acids is 1. The lowest BCUT2D eigenvalue weighted by atomic mass is 10.1. The van der Waals surface area contributed by atoms with Crippen molar-refractivity contribution in [2.24, 2.45) is 0 Å². The molecule has 0 radical (unpaired) electrons. The fraction of sp³-hybridized carbons (Fsp3) is 0.889. The highest BCUT2D eigenvalue weighted by atomic mass is 16.2. The lowest BCUT2D eigenvalue weighted by molar-refractivity contribution is -0.119. The molecule has 0 atom stereocenters. The van der Waals surface area contributed by atoms with Crippen LogP contribution in [0.15, 0.2) is 0 Å². The molecule has 0 bridgehead atoms. The Morgan fingerprint density at radius 1 is 1.18 bits per heavy atom. The molecule has 0 fully saturated rings. The van der Waals surface area contributed by atoms with Crippen LogP contribution in [-0.2, 0) is 4.79 Å². The molecular formula is C9H18O2. The topological polar surface area (TPSA) is 37.3 Å². The van der Waals surface area contributed by atoms with Gasteiger partial charge < -0.3 is 5.11 Å². The minimum absolute atomic E-state index is 0.209. The second-order valence-corrected chi connectivity index (χ2v) is 2.82. The van der Waals surface area contributed by atoms with Gasteiger partial charge in [0.2, 0.25) is 0 Å². The van der Waals surface area contributed by atoms with Crippen LogP contribution in [0.2, 0.25) is 0 Å². The van der Waals surface area contributed by atoms with E-state index in [1.807, 2.05) is 0 Å². The molecule has 0 saturated heterocycles. The number of ketones is 1. The zero-order valence-corrected chi connectivity index (χ0v) is 7.31. The molecule has 2 heteroatoms. The van der Waals surface area contributed by atoms with E-state index in [9.17, 15) is 4.79 Å². The van der Waals surface area contributed by atoms with Crippen LogP contribution >= 0.6 is 0 Å². The van der Waals surface area contributed by atoms with Crippen molar-refractivity contribution < 1.29 is 9.90 Å². The molecule has 0 saturated carbocycles. The number of Topliss-reactive ketones (excluding diaryl/α,β-unsaturated/α-hetero) is 1. The number of unbranched alkanes of at least 4 members (excludes halogenated alkanes) is 2. The van der Waals surface area contributed by atoms with Crippen molar-refractivity contribution in [1.29, 1.82) is 0 Å². The molecule has 0 heterocycles. The third-order valence-electron chi connectivity index (χ3n) is 1.67. The average molecular weight is 158 g/mol. The Labute approximate surface area is 68.6 Å². The highest BCUT2D eigenvalue weighted by Crippen LogP contribution is 2.02. The molecular weight excluding hydrogens is 140 g/mol. The molecule has 11 heavy (non-hydrogen) atoms. The molecule has 0 aromatic carbocycles. The van der Waals surface area contributed by atoms with Gasteiger partial charge in [0, 0.05) is 19.4 Å². The molecule has 0 rings (SSSR count). The maximum absolute atomic E-state index is 11.0. The van der Waals surface area contributed by atoms with E-state index < -0.39 is 0 Å². The molecule has 0 aromatic rings. The van der Waals surface area contributed by atoms with Gasteiger partial charge in [-0.3, -0.25) is 4.79 Å². The largest absolute Gasteiger partial charge is 0.396 e. The van der Waals surface area contributed by atoms with Gasteiger partial charge in [-0.25, -0.2) is 0 Å². The number of aliphatic hydroxyl groups is 1. The molecule has 66 valence electrons. The number of rotatable bonds is 7. The predicted octanol–water partition coefficient (Wildman–Crippen LogP) is 1.91. The van der Waals surface area contributed by atoms with Gasteiger partial charge in [-0.05, 0) is 19.3 Å². The predicted molar refractivity (Wildman–Crippen MR) is 45.5 cm³/mol. The fourth-order valence-corrected chi connectivity index (χ4v) is 0.933. The van der Waals surface area contributed by atoms with Crippen LogP contribution in [0.25, 0.3) is 0 Å². The Morgan fingerprint density at radius 3 is 2.36 bits per heavy atom. The van der Waals surface area contributed by atoms with Gasteiger partial charge in [-0.15, -0.1) is 0 Å². The SMILES string of the molecule is CCCCC(=O)CCCCO. The lowest BCUT2D eigenvalue weighted by Gasteiger charge is -1.97. The second-order valence-electron chi connectivity index (χ2n) is 2.82. The van der Waals surface area contributed by atoms with Gasteiger partial charge in [-0.2, -0.15) is 0 Å². The molecule has 1 N–H and O–H groups in total. The van der Waals surface area contributed by atoms with Crippen molar-refractivity contribution in [2.45, 2.75) is 45.4 Å². The van der Waals surface area contributed by atoms with Gasteiger partial charge in [-0.1, -0.05) is 13.3 Å². The smallest absolute Gasteiger partial charge is 0.132 e. The van der Waals surface area contributed by atoms with Crippen LogP contribution in [0, 0.1) is 0 Å². The molecule has 0 aromatic heterocycles. The molecule has 0 aliphatic heterocycles.